The van der Waals surface area contributed by atoms with E-state index in [0.717, 1.165) is 23.5 Å². The molecule has 0 saturated carbocycles. The topological polar surface area (TPSA) is 81.1 Å². The number of aryl methyl sites for hydroxylation is 2. The van der Waals surface area contributed by atoms with Gasteiger partial charge in [-0.15, -0.1) is 0 Å². The maximum absolute atomic E-state index is 11.9. The molecule has 2 amide bonds. The van der Waals surface area contributed by atoms with Crippen LogP contribution in [0.4, 0.5) is 4.79 Å². The summed E-state index contributed by atoms with van der Waals surface area (Å²) in [6.45, 7) is 7.82. The SMILES string of the molecule is COc1ncccc1CNC(=O)NC[C@@H](C)Cn1nc(C)cc1C. The summed E-state index contributed by atoms with van der Waals surface area (Å²) in [6, 6.07) is 5.53. The van der Waals surface area contributed by atoms with Gasteiger partial charge in [-0.25, -0.2) is 9.78 Å². The first-order chi connectivity index (χ1) is 11.5. The Morgan fingerprint density at radius 2 is 2.17 bits per heavy atom. The van der Waals surface area contributed by atoms with E-state index in [1.54, 1.807) is 13.3 Å². The van der Waals surface area contributed by atoms with Crippen LogP contribution in [0.3, 0.4) is 0 Å². The Hall–Kier alpha value is -2.57. The molecule has 7 nitrogen and oxygen atoms in total. The molecule has 2 aromatic heterocycles. The second-order valence-electron chi connectivity index (χ2n) is 5.95. The highest BCUT2D eigenvalue weighted by Gasteiger charge is 2.10. The number of nitrogens with zero attached hydrogens (tertiary/aromatic N) is 3. The second-order valence-corrected chi connectivity index (χ2v) is 5.95. The molecule has 2 aromatic rings. The number of carbonyl (C=O) groups excluding carboxylic acids is 1. The molecule has 7 heteroatoms. The molecule has 0 unspecified atom stereocenters. The summed E-state index contributed by atoms with van der Waals surface area (Å²) in [7, 11) is 1.56. The van der Waals surface area contributed by atoms with Crippen LogP contribution in [0.25, 0.3) is 0 Å². The van der Waals surface area contributed by atoms with Gasteiger partial charge in [0.2, 0.25) is 5.88 Å². The van der Waals surface area contributed by atoms with Gasteiger partial charge in [0.1, 0.15) is 0 Å². The zero-order chi connectivity index (χ0) is 17.5. The lowest BCUT2D eigenvalue weighted by Crippen LogP contribution is -2.38. The van der Waals surface area contributed by atoms with E-state index in [-0.39, 0.29) is 11.9 Å². The van der Waals surface area contributed by atoms with Crippen molar-refractivity contribution in [3.05, 3.63) is 41.3 Å². The van der Waals surface area contributed by atoms with Crippen molar-refractivity contribution in [2.45, 2.75) is 33.9 Å². The Labute approximate surface area is 142 Å². The average Bonchev–Trinajstić information content (AvgIpc) is 2.88. The maximum Gasteiger partial charge on any atom is 0.315 e. The number of pyridine rings is 1. The van der Waals surface area contributed by atoms with Crippen molar-refractivity contribution in [1.29, 1.82) is 0 Å². The highest BCUT2D eigenvalue weighted by Crippen LogP contribution is 2.12. The quantitative estimate of drug-likeness (QED) is 0.813. The highest BCUT2D eigenvalue weighted by atomic mass is 16.5. The Morgan fingerprint density at radius 1 is 1.38 bits per heavy atom. The molecule has 2 rings (SSSR count). The number of hydrogen-bond acceptors (Lipinski definition) is 4. The van der Waals surface area contributed by atoms with Gasteiger partial charge in [0.15, 0.2) is 0 Å². The Balaban J connectivity index is 1.75. The van der Waals surface area contributed by atoms with Crippen LogP contribution in [-0.4, -0.2) is 34.5 Å². The first-order valence-corrected chi connectivity index (χ1v) is 8.00. The molecule has 0 bridgehead atoms. The van der Waals surface area contributed by atoms with Crippen LogP contribution < -0.4 is 15.4 Å². The van der Waals surface area contributed by atoms with Crippen LogP contribution in [0, 0.1) is 19.8 Å². The summed E-state index contributed by atoms with van der Waals surface area (Å²) < 4.78 is 7.14. The predicted molar refractivity (Wildman–Crippen MR) is 91.9 cm³/mol. The number of aromatic nitrogens is 3. The van der Waals surface area contributed by atoms with Crippen molar-refractivity contribution in [3.8, 4) is 5.88 Å². The van der Waals surface area contributed by atoms with Crippen LogP contribution >= 0.6 is 0 Å². The molecule has 2 heterocycles. The number of hydrogen-bond donors (Lipinski definition) is 2. The van der Waals surface area contributed by atoms with E-state index in [2.05, 4.69) is 27.6 Å². The molecule has 0 aliphatic rings. The number of urea groups is 1. The fourth-order valence-corrected chi connectivity index (χ4v) is 2.47. The molecular weight excluding hydrogens is 306 g/mol. The number of rotatable bonds is 7. The van der Waals surface area contributed by atoms with Gasteiger partial charge in [-0.05, 0) is 31.9 Å². The third-order valence-electron chi connectivity index (χ3n) is 3.68. The summed E-state index contributed by atoms with van der Waals surface area (Å²) in [5.41, 5.74) is 2.98. The van der Waals surface area contributed by atoms with Gasteiger partial charge in [-0.1, -0.05) is 13.0 Å². The number of nitrogens with one attached hydrogen (secondary N) is 2. The summed E-state index contributed by atoms with van der Waals surface area (Å²) >= 11 is 0. The van der Waals surface area contributed by atoms with Crippen molar-refractivity contribution < 1.29 is 9.53 Å². The maximum atomic E-state index is 11.9. The van der Waals surface area contributed by atoms with Crippen molar-refractivity contribution in [2.75, 3.05) is 13.7 Å². The number of amides is 2. The molecule has 0 saturated heterocycles. The Bertz CT molecular complexity index is 683. The Morgan fingerprint density at radius 3 is 2.83 bits per heavy atom. The fraction of sp³-hybridized carbons (Fsp3) is 0.471. The summed E-state index contributed by atoms with van der Waals surface area (Å²) in [5, 5.41) is 10.1. The minimum absolute atomic E-state index is 0.207. The zero-order valence-electron chi connectivity index (χ0n) is 14.7. The zero-order valence-corrected chi connectivity index (χ0v) is 14.7. The van der Waals surface area contributed by atoms with E-state index >= 15 is 0 Å². The molecule has 1 atom stereocenters. The highest BCUT2D eigenvalue weighted by molar-refractivity contribution is 5.73. The third-order valence-corrected chi connectivity index (χ3v) is 3.68. The standard InChI is InChI=1S/C17H25N5O2/c1-12(11-22-14(3)8-13(2)21-22)9-19-17(23)20-10-15-6-5-7-18-16(15)24-4/h5-8,12H,9-11H2,1-4H3,(H2,19,20,23)/t12-/m1/s1. The molecule has 2 N–H and O–H groups in total. The van der Waals surface area contributed by atoms with Gasteiger partial charge >= 0.3 is 6.03 Å². The Kier molecular flexibility index (Phi) is 6.17. The summed E-state index contributed by atoms with van der Waals surface area (Å²) in [6.07, 6.45) is 1.66. The molecule has 0 aromatic carbocycles. The van der Waals surface area contributed by atoms with Gasteiger partial charge < -0.3 is 15.4 Å². The lowest BCUT2D eigenvalue weighted by atomic mass is 10.2. The van der Waals surface area contributed by atoms with Crippen molar-refractivity contribution in [3.63, 3.8) is 0 Å². The van der Waals surface area contributed by atoms with Gasteiger partial charge in [0.25, 0.3) is 0 Å². The number of methoxy groups -OCH3 is 1. The van der Waals surface area contributed by atoms with E-state index < -0.39 is 0 Å². The van der Waals surface area contributed by atoms with Gasteiger partial charge in [-0.3, -0.25) is 4.68 Å². The predicted octanol–water partition coefficient (Wildman–Crippen LogP) is 2.04. The lowest BCUT2D eigenvalue weighted by molar-refractivity contribution is 0.238. The van der Waals surface area contributed by atoms with Crippen molar-refractivity contribution in [1.82, 2.24) is 25.4 Å². The van der Waals surface area contributed by atoms with Crippen LogP contribution in [0.2, 0.25) is 0 Å². The van der Waals surface area contributed by atoms with Crippen LogP contribution in [0.1, 0.15) is 23.9 Å². The summed E-state index contributed by atoms with van der Waals surface area (Å²) in [4.78, 5) is 16.0. The molecule has 0 aliphatic heterocycles. The molecule has 0 radical (unpaired) electrons. The minimum atomic E-state index is -0.207. The monoisotopic (exact) mass is 331 g/mol. The van der Waals surface area contributed by atoms with Gasteiger partial charge in [0, 0.05) is 37.1 Å². The minimum Gasteiger partial charge on any atom is -0.481 e. The van der Waals surface area contributed by atoms with E-state index in [1.165, 1.54) is 0 Å². The van der Waals surface area contributed by atoms with Crippen molar-refractivity contribution in [2.24, 2.45) is 5.92 Å². The van der Waals surface area contributed by atoms with E-state index in [0.29, 0.717) is 19.0 Å². The van der Waals surface area contributed by atoms with E-state index in [4.69, 9.17) is 4.74 Å². The molecule has 0 fully saturated rings. The van der Waals surface area contributed by atoms with Crippen molar-refractivity contribution >= 4 is 6.03 Å². The summed E-state index contributed by atoms with van der Waals surface area (Å²) in [5.74, 6) is 0.803. The molecular formula is C17H25N5O2. The normalized spacial score (nSPS) is 11.8. The molecule has 0 aliphatic carbocycles. The molecule has 0 spiro atoms. The van der Waals surface area contributed by atoms with Crippen LogP contribution in [-0.2, 0) is 13.1 Å². The first-order valence-electron chi connectivity index (χ1n) is 8.00. The van der Waals surface area contributed by atoms with E-state index in [1.807, 2.05) is 36.7 Å². The van der Waals surface area contributed by atoms with E-state index in [9.17, 15) is 4.79 Å². The fourth-order valence-electron chi connectivity index (χ4n) is 2.47. The molecule has 130 valence electrons. The van der Waals surface area contributed by atoms with Gasteiger partial charge in [-0.2, -0.15) is 5.10 Å². The first kappa shape index (κ1) is 17.8. The smallest absolute Gasteiger partial charge is 0.315 e. The third kappa shape index (κ3) is 4.97. The van der Waals surface area contributed by atoms with Crippen LogP contribution in [0.5, 0.6) is 5.88 Å². The van der Waals surface area contributed by atoms with Gasteiger partial charge in [0.05, 0.1) is 12.8 Å². The second kappa shape index (κ2) is 8.33. The molecule has 24 heavy (non-hydrogen) atoms. The number of ether oxygens (including phenoxy) is 1. The van der Waals surface area contributed by atoms with Crippen LogP contribution in [0.15, 0.2) is 24.4 Å². The lowest BCUT2D eigenvalue weighted by Gasteiger charge is -2.15. The largest absolute Gasteiger partial charge is 0.481 e. The number of carbonyl (C=O) groups is 1. The average molecular weight is 331 g/mol.